The summed E-state index contributed by atoms with van der Waals surface area (Å²) in [6.45, 7) is -0.153. The Morgan fingerprint density at radius 1 is 1.29 bits per heavy atom. The molecule has 0 saturated heterocycles. The van der Waals surface area contributed by atoms with Crippen molar-refractivity contribution in [2.75, 3.05) is 32.5 Å². The summed E-state index contributed by atoms with van der Waals surface area (Å²) < 4.78 is 15.1. The van der Waals surface area contributed by atoms with Crippen molar-refractivity contribution in [3.05, 3.63) is 44.1 Å². The van der Waals surface area contributed by atoms with E-state index in [-0.39, 0.29) is 30.3 Å². The summed E-state index contributed by atoms with van der Waals surface area (Å²) in [4.78, 5) is 35.7. The second-order valence-electron chi connectivity index (χ2n) is 4.61. The number of rotatable bonds is 4. The number of non-ortho nitro benzene ring substituents is 1. The van der Waals surface area contributed by atoms with E-state index in [1.54, 1.807) is 0 Å². The van der Waals surface area contributed by atoms with E-state index in [9.17, 15) is 19.7 Å². The Labute approximate surface area is 145 Å². The Balaban J connectivity index is 2.57. The Morgan fingerprint density at radius 3 is 2.50 bits per heavy atom. The normalized spacial score (nSPS) is 14.4. The molecule has 10 heteroatoms. The molecule has 0 aromatic heterocycles. The van der Waals surface area contributed by atoms with Crippen LogP contribution in [0.4, 0.5) is 11.4 Å². The zero-order valence-electron chi connectivity index (χ0n) is 12.8. The number of carbonyl (C=O) groups excluding carboxylic acids is 2. The van der Waals surface area contributed by atoms with Crippen molar-refractivity contribution in [3.63, 3.8) is 0 Å². The lowest BCUT2D eigenvalue weighted by Crippen LogP contribution is -2.39. The number of nitro groups is 1. The van der Waals surface area contributed by atoms with E-state index in [1.807, 2.05) is 0 Å². The first-order chi connectivity index (χ1) is 11.4. The van der Waals surface area contributed by atoms with E-state index in [2.05, 4.69) is 20.7 Å². The summed E-state index contributed by atoms with van der Waals surface area (Å²) in [5.74, 6) is -1.47. The topological polar surface area (TPSA) is 108 Å². The molecule has 9 nitrogen and oxygen atoms in total. The Hall–Kier alpha value is -2.46. The average Bonchev–Trinajstić information content (AvgIpc) is 2.59. The Bertz CT molecular complexity index is 732. The average molecular weight is 401 g/mol. The monoisotopic (exact) mass is 400 g/mol. The summed E-state index contributed by atoms with van der Waals surface area (Å²) in [6.07, 6.45) is 0. The van der Waals surface area contributed by atoms with E-state index >= 15 is 0 Å². The first-order valence-corrected chi connectivity index (χ1v) is 7.39. The number of nitrogens with zero attached hydrogens (tertiary/aromatic N) is 2. The van der Waals surface area contributed by atoms with Gasteiger partial charge in [0.15, 0.2) is 0 Å². The lowest BCUT2D eigenvalue weighted by Gasteiger charge is -2.31. The zero-order valence-corrected chi connectivity index (χ0v) is 14.4. The van der Waals surface area contributed by atoms with Gasteiger partial charge in [0.2, 0.25) is 0 Å². The molecule has 1 heterocycles. The summed E-state index contributed by atoms with van der Waals surface area (Å²) in [5.41, 5.74) is 0.244. The third kappa shape index (κ3) is 3.39. The highest BCUT2D eigenvalue weighted by molar-refractivity contribution is 9.10. The van der Waals surface area contributed by atoms with Gasteiger partial charge < -0.3 is 19.1 Å². The molecule has 2 rings (SSSR count). The van der Waals surface area contributed by atoms with Crippen LogP contribution in [0.25, 0.3) is 0 Å². The number of esters is 2. The van der Waals surface area contributed by atoms with Crippen molar-refractivity contribution < 1.29 is 28.7 Å². The number of hydrogen-bond donors (Lipinski definition) is 0. The molecule has 0 unspecified atom stereocenters. The van der Waals surface area contributed by atoms with Crippen LogP contribution in [-0.2, 0) is 23.8 Å². The molecule has 1 aliphatic heterocycles. The van der Waals surface area contributed by atoms with E-state index in [1.165, 1.54) is 37.3 Å². The summed E-state index contributed by atoms with van der Waals surface area (Å²) >= 11 is 3.23. The van der Waals surface area contributed by atoms with Crippen molar-refractivity contribution >= 4 is 39.2 Å². The van der Waals surface area contributed by atoms with Gasteiger partial charge in [-0.2, -0.15) is 0 Å². The van der Waals surface area contributed by atoms with Crippen LogP contribution >= 0.6 is 15.9 Å². The lowest BCUT2D eigenvalue weighted by molar-refractivity contribution is -0.384. The number of benzene rings is 1. The number of nitro benzene ring substituents is 1. The fourth-order valence-corrected chi connectivity index (χ4v) is 2.74. The van der Waals surface area contributed by atoms with E-state index in [4.69, 9.17) is 9.47 Å². The molecule has 1 aliphatic rings. The summed E-state index contributed by atoms with van der Waals surface area (Å²) in [6, 6.07) is 4.01. The number of carbonyl (C=O) groups is 2. The number of halogens is 1. The SMILES string of the molecule is COC(=O)C1=C(C(=O)OC)N(c2ccc([N+](=O)[O-])cc2Br)COC1. The van der Waals surface area contributed by atoms with Gasteiger partial charge in [-0.05, 0) is 22.0 Å². The third-order valence-electron chi connectivity index (χ3n) is 3.27. The van der Waals surface area contributed by atoms with Gasteiger partial charge in [0.1, 0.15) is 12.4 Å². The molecule has 0 radical (unpaired) electrons. The first-order valence-electron chi connectivity index (χ1n) is 6.59. The van der Waals surface area contributed by atoms with Gasteiger partial charge in [0.05, 0.1) is 37.0 Å². The minimum atomic E-state index is -0.746. The highest BCUT2D eigenvalue weighted by Crippen LogP contribution is 2.34. The predicted octanol–water partition coefficient (Wildman–Crippen LogP) is 1.75. The van der Waals surface area contributed by atoms with Gasteiger partial charge in [0.25, 0.3) is 5.69 Å². The van der Waals surface area contributed by atoms with Crippen LogP contribution in [0.1, 0.15) is 0 Å². The van der Waals surface area contributed by atoms with Crippen molar-refractivity contribution in [3.8, 4) is 0 Å². The molecule has 0 amide bonds. The van der Waals surface area contributed by atoms with Crippen LogP contribution in [-0.4, -0.2) is 44.4 Å². The molecule has 0 bridgehead atoms. The molecule has 1 aromatic carbocycles. The minimum Gasteiger partial charge on any atom is -0.466 e. The maximum atomic E-state index is 12.2. The van der Waals surface area contributed by atoms with Crippen molar-refractivity contribution in [1.29, 1.82) is 0 Å². The third-order valence-corrected chi connectivity index (χ3v) is 3.90. The molecule has 24 heavy (non-hydrogen) atoms. The van der Waals surface area contributed by atoms with Gasteiger partial charge in [-0.15, -0.1) is 0 Å². The predicted molar refractivity (Wildman–Crippen MR) is 85.2 cm³/mol. The van der Waals surface area contributed by atoms with Crippen LogP contribution in [0.2, 0.25) is 0 Å². The largest absolute Gasteiger partial charge is 0.466 e. The van der Waals surface area contributed by atoms with Crippen LogP contribution in [0.3, 0.4) is 0 Å². The molecular formula is C14H13BrN2O7. The fourth-order valence-electron chi connectivity index (χ4n) is 2.16. The molecule has 0 atom stereocenters. The molecule has 1 aromatic rings. The standard InChI is InChI=1S/C14H13BrN2O7/c1-22-13(18)9-6-24-7-16(12(9)14(19)23-2)11-4-3-8(17(20)21)5-10(11)15/h3-5H,6-7H2,1-2H3. The molecule has 0 N–H and O–H groups in total. The molecule has 0 aliphatic carbocycles. The van der Waals surface area contributed by atoms with Crippen molar-refractivity contribution in [2.24, 2.45) is 0 Å². The molecular weight excluding hydrogens is 388 g/mol. The molecule has 0 fully saturated rings. The first kappa shape index (κ1) is 17.9. The van der Waals surface area contributed by atoms with Crippen molar-refractivity contribution in [2.45, 2.75) is 0 Å². The maximum absolute atomic E-state index is 12.2. The lowest BCUT2D eigenvalue weighted by atomic mass is 10.1. The van der Waals surface area contributed by atoms with Gasteiger partial charge in [0, 0.05) is 16.6 Å². The number of anilines is 1. The number of hydrogen-bond acceptors (Lipinski definition) is 8. The molecule has 0 spiro atoms. The van der Waals surface area contributed by atoms with Crippen LogP contribution in [0.5, 0.6) is 0 Å². The Kier molecular flexibility index (Phi) is 5.52. The van der Waals surface area contributed by atoms with Gasteiger partial charge in [-0.3, -0.25) is 10.1 Å². The van der Waals surface area contributed by atoms with E-state index < -0.39 is 16.9 Å². The van der Waals surface area contributed by atoms with E-state index in [0.29, 0.717) is 10.2 Å². The second-order valence-corrected chi connectivity index (χ2v) is 5.46. The number of methoxy groups -OCH3 is 2. The smallest absolute Gasteiger partial charge is 0.355 e. The van der Waals surface area contributed by atoms with Crippen LogP contribution < -0.4 is 4.90 Å². The summed E-state index contributed by atoms with van der Waals surface area (Å²) in [5, 5.41) is 10.8. The quantitative estimate of drug-likeness (QED) is 0.427. The molecule has 0 saturated carbocycles. The van der Waals surface area contributed by atoms with Gasteiger partial charge in [-0.1, -0.05) is 0 Å². The van der Waals surface area contributed by atoms with Gasteiger partial charge in [-0.25, -0.2) is 9.59 Å². The second kappa shape index (κ2) is 7.41. The number of ether oxygens (including phenoxy) is 3. The highest BCUT2D eigenvalue weighted by Gasteiger charge is 2.33. The minimum absolute atomic E-state index is 0.000790. The van der Waals surface area contributed by atoms with Crippen LogP contribution in [0, 0.1) is 10.1 Å². The maximum Gasteiger partial charge on any atom is 0.355 e. The van der Waals surface area contributed by atoms with E-state index in [0.717, 1.165) is 0 Å². The summed E-state index contributed by atoms with van der Waals surface area (Å²) in [7, 11) is 2.37. The molecule has 128 valence electrons. The van der Waals surface area contributed by atoms with Crippen molar-refractivity contribution in [1.82, 2.24) is 0 Å². The zero-order chi connectivity index (χ0) is 17.9. The highest BCUT2D eigenvalue weighted by atomic mass is 79.9. The Morgan fingerprint density at radius 2 is 1.96 bits per heavy atom. The fraction of sp³-hybridized carbons (Fsp3) is 0.286. The van der Waals surface area contributed by atoms with Crippen LogP contribution in [0.15, 0.2) is 33.9 Å². The van der Waals surface area contributed by atoms with Gasteiger partial charge >= 0.3 is 11.9 Å².